The van der Waals surface area contributed by atoms with E-state index in [0.29, 0.717) is 11.8 Å². The van der Waals surface area contributed by atoms with E-state index in [-0.39, 0.29) is 11.9 Å². The van der Waals surface area contributed by atoms with Crippen LogP contribution in [0.15, 0.2) is 12.1 Å². The molecule has 0 atom stereocenters. The average Bonchev–Trinajstić information content (AvgIpc) is 2.78. The molecule has 0 amide bonds. The summed E-state index contributed by atoms with van der Waals surface area (Å²) < 4.78 is 15.2. The van der Waals surface area contributed by atoms with Gasteiger partial charge in [0, 0.05) is 0 Å². The van der Waals surface area contributed by atoms with Crippen LogP contribution in [0.4, 0.5) is 4.39 Å². The summed E-state index contributed by atoms with van der Waals surface area (Å²) in [5.41, 5.74) is 3.02. The number of hydrogen-bond acceptors (Lipinski definition) is 1. The third-order valence-corrected chi connectivity index (χ3v) is 9.18. The van der Waals surface area contributed by atoms with Gasteiger partial charge in [0.05, 0.1) is 6.10 Å². The molecule has 1 aromatic carbocycles. The van der Waals surface area contributed by atoms with Crippen LogP contribution in [0.5, 0.6) is 0 Å². The van der Waals surface area contributed by atoms with E-state index >= 15 is 4.39 Å². The molecule has 1 N–H and O–H groups in total. The Morgan fingerprint density at radius 2 is 1.16 bits per heavy atom. The van der Waals surface area contributed by atoms with Crippen molar-refractivity contribution in [3.8, 4) is 0 Å². The molecule has 0 heterocycles. The van der Waals surface area contributed by atoms with Crippen LogP contribution in [0.2, 0.25) is 0 Å². The monoisotopic (exact) mass is 428 g/mol. The first-order valence-electron chi connectivity index (χ1n) is 13.4. The molecule has 1 aromatic rings. The van der Waals surface area contributed by atoms with E-state index in [1.165, 1.54) is 63.4 Å². The Morgan fingerprint density at radius 3 is 1.77 bits per heavy atom. The summed E-state index contributed by atoms with van der Waals surface area (Å²) in [6.45, 7) is 4.39. The van der Waals surface area contributed by atoms with Crippen molar-refractivity contribution in [2.24, 2.45) is 29.6 Å². The zero-order chi connectivity index (χ0) is 21.8. The number of halogens is 1. The molecule has 1 nitrogen and oxygen atoms in total. The van der Waals surface area contributed by atoms with Gasteiger partial charge in [0.2, 0.25) is 0 Å². The molecule has 3 fully saturated rings. The van der Waals surface area contributed by atoms with Gasteiger partial charge in [-0.15, -0.1) is 0 Å². The maximum absolute atomic E-state index is 15.2. The van der Waals surface area contributed by atoms with E-state index in [0.717, 1.165) is 67.4 Å². The van der Waals surface area contributed by atoms with Crippen LogP contribution in [-0.2, 0) is 12.8 Å². The molecule has 0 radical (unpaired) electrons. The summed E-state index contributed by atoms with van der Waals surface area (Å²) in [6.07, 6.45) is 18.3. The van der Waals surface area contributed by atoms with E-state index in [2.05, 4.69) is 19.1 Å². The minimum absolute atomic E-state index is 0.0618. The third kappa shape index (κ3) is 6.34. The molecule has 3 saturated carbocycles. The second-order valence-corrected chi connectivity index (χ2v) is 11.7. The Morgan fingerprint density at radius 1 is 0.710 bits per heavy atom. The highest BCUT2D eigenvalue weighted by molar-refractivity contribution is 5.33. The summed E-state index contributed by atoms with van der Waals surface area (Å²) in [6, 6.07) is 4.29. The smallest absolute Gasteiger partial charge is 0.129 e. The van der Waals surface area contributed by atoms with Gasteiger partial charge in [-0.25, -0.2) is 4.39 Å². The molecule has 3 aliphatic carbocycles. The molecule has 0 spiro atoms. The lowest BCUT2D eigenvalue weighted by Crippen LogP contribution is -2.21. The zero-order valence-electron chi connectivity index (χ0n) is 20.1. The van der Waals surface area contributed by atoms with Gasteiger partial charge in [0.1, 0.15) is 5.82 Å². The van der Waals surface area contributed by atoms with E-state index in [1.54, 1.807) is 0 Å². The molecule has 4 rings (SSSR count). The van der Waals surface area contributed by atoms with Crippen molar-refractivity contribution in [2.75, 3.05) is 0 Å². The van der Waals surface area contributed by atoms with E-state index in [4.69, 9.17) is 0 Å². The fraction of sp³-hybridized carbons (Fsp3) is 0.793. The largest absolute Gasteiger partial charge is 0.393 e. The topological polar surface area (TPSA) is 20.2 Å². The number of rotatable bonds is 6. The maximum atomic E-state index is 15.2. The molecule has 0 aromatic heterocycles. The Labute approximate surface area is 190 Å². The first kappa shape index (κ1) is 23.3. The summed E-state index contributed by atoms with van der Waals surface area (Å²) in [5, 5.41) is 9.73. The van der Waals surface area contributed by atoms with Crippen molar-refractivity contribution in [1.82, 2.24) is 0 Å². The molecule has 0 saturated heterocycles. The fourth-order valence-electron chi connectivity index (χ4n) is 6.84. The Bertz CT molecular complexity index is 689. The summed E-state index contributed by atoms with van der Waals surface area (Å²) >= 11 is 0. The van der Waals surface area contributed by atoms with Gasteiger partial charge in [0.15, 0.2) is 0 Å². The normalized spacial score (nSPS) is 34.6. The summed E-state index contributed by atoms with van der Waals surface area (Å²) in [4.78, 5) is 0. The quantitative estimate of drug-likeness (QED) is 0.490. The summed E-state index contributed by atoms with van der Waals surface area (Å²) in [5.74, 6) is 4.20. The minimum atomic E-state index is -0.113. The predicted octanol–water partition coefficient (Wildman–Crippen LogP) is 7.79. The Kier molecular flexibility index (Phi) is 8.12. The molecule has 3 aliphatic rings. The molecule has 2 heteroatoms. The molecular weight excluding hydrogens is 383 g/mol. The first-order chi connectivity index (χ1) is 15.0. The highest BCUT2D eigenvalue weighted by atomic mass is 19.1. The van der Waals surface area contributed by atoms with Gasteiger partial charge in [-0.1, -0.05) is 57.6 Å². The van der Waals surface area contributed by atoms with Crippen LogP contribution >= 0.6 is 0 Å². The fourth-order valence-corrected chi connectivity index (χ4v) is 6.84. The number of aliphatic hydroxyl groups is 1. The van der Waals surface area contributed by atoms with Crippen molar-refractivity contribution in [2.45, 2.75) is 116 Å². The van der Waals surface area contributed by atoms with Crippen LogP contribution in [0.3, 0.4) is 0 Å². The highest BCUT2D eigenvalue weighted by Crippen LogP contribution is 2.39. The van der Waals surface area contributed by atoms with Crippen molar-refractivity contribution in [3.63, 3.8) is 0 Å². The molecule has 0 bridgehead atoms. The van der Waals surface area contributed by atoms with Gasteiger partial charge in [-0.05, 0) is 111 Å². The Balaban J connectivity index is 1.25. The SMILES string of the molecule is Cc1c(CC2CCC(O)CC2)ccc(CC2CCC(CC3CCC(C)CC3)CC2)c1F. The van der Waals surface area contributed by atoms with Crippen LogP contribution in [0.1, 0.15) is 107 Å². The molecule has 0 aliphatic heterocycles. The van der Waals surface area contributed by atoms with Crippen molar-refractivity contribution >= 4 is 0 Å². The van der Waals surface area contributed by atoms with Gasteiger partial charge in [-0.2, -0.15) is 0 Å². The lowest BCUT2D eigenvalue weighted by atomic mass is 9.72. The van der Waals surface area contributed by atoms with Crippen molar-refractivity contribution in [1.29, 1.82) is 0 Å². The second-order valence-electron chi connectivity index (χ2n) is 11.7. The van der Waals surface area contributed by atoms with Crippen LogP contribution < -0.4 is 0 Å². The van der Waals surface area contributed by atoms with Gasteiger partial charge >= 0.3 is 0 Å². The predicted molar refractivity (Wildman–Crippen MR) is 128 cm³/mol. The number of benzene rings is 1. The Hall–Kier alpha value is -0.890. The summed E-state index contributed by atoms with van der Waals surface area (Å²) in [7, 11) is 0. The van der Waals surface area contributed by atoms with Crippen LogP contribution in [0, 0.1) is 42.3 Å². The standard InChI is InChI=1S/C29H45FO/c1-20-3-5-22(6-4-20)17-23-7-9-24(10-8-23)19-27-14-13-26(21(2)29(27)30)18-25-11-15-28(31)16-12-25/h13-14,20,22-25,28,31H,3-12,15-19H2,1-2H3. The lowest BCUT2D eigenvalue weighted by Gasteiger charge is -2.33. The maximum Gasteiger partial charge on any atom is 0.129 e. The third-order valence-electron chi connectivity index (χ3n) is 9.18. The van der Waals surface area contributed by atoms with Gasteiger partial charge in [-0.3, -0.25) is 0 Å². The zero-order valence-corrected chi connectivity index (χ0v) is 20.1. The van der Waals surface area contributed by atoms with Crippen LogP contribution in [-0.4, -0.2) is 11.2 Å². The van der Waals surface area contributed by atoms with Crippen LogP contribution in [0.25, 0.3) is 0 Å². The van der Waals surface area contributed by atoms with Gasteiger partial charge < -0.3 is 5.11 Å². The average molecular weight is 429 g/mol. The molecule has 31 heavy (non-hydrogen) atoms. The lowest BCUT2D eigenvalue weighted by molar-refractivity contribution is 0.108. The number of aliphatic hydroxyl groups excluding tert-OH is 1. The van der Waals surface area contributed by atoms with Crippen molar-refractivity contribution < 1.29 is 9.50 Å². The first-order valence-corrected chi connectivity index (χ1v) is 13.4. The van der Waals surface area contributed by atoms with E-state index < -0.39 is 0 Å². The van der Waals surface area contributed by atoms with Crippen molar-refractivity contribution in [3.05, 3.63) is 34.6 Å². The molecule has 0 unspecified atom stereocenters. The molecule has 174 valence electrons. The highest BCUT2D eigenvalue weighted by Gasteiger charge is 2.27. The van der Waals surface area contributed by atoms with E-state index in [9.17, 15) is 5.11 Å². The van der Waals surface area contributed by atoms with E-state index in [1.807, 2.05) is 6.92 Å². The number of hydrogen-bond donors (Lipinski definition) is 1. The minimum Gasteiger partial charge on any atom is -0.393 e. The molecular formula is C29H45FO. The van der Waals surface area contributed by atoms with Gasteiger partial charge in [0.25, 0.3) is 0 Å². The second kappa shape index (κ2) is 10.8.